The molecule has 24 heavy (non-hydrogen) atoms. The Balaban J connectivity index is 1.71. The number of nitrogens with zero attached hydrogens (tertiary/aromatic N) is 1. The van der Waals surface area contributed by atoms with E-state index in [1.54, 1.807) is 22.7 Å². The van der Waals surface area contributed by atoms with Gasteiger partial charge in [0, 0.05) is 23.7 Å². The van der Waals surface area contributed by atoms with Crippen LogP contribution in [0.15, 0.2) is 23.1 Å². The first-order valence-electron chi connectivity index (χ1n) is 8.14. The van der Waals surface area contributed by atoms with Crippen molar-refractivity contribution < 1.29 is 19.1 Å². The lowest BCUT2D eigenvalue weighted by Crippen LogP contribution is -2.50. The maximum atomic E-state index is 13.6. The monoisotopic (exact) mass is 352 g/mol. The van der Waals surface area contributed by atoms with E-state index in [-0.39, 0.29) is 30.4 Å². The summed E-state index contributed by atoms with van der Waals surface area (Å²) in [5.74, 6) is -0.685. The average Bonchev–Trinajstić information content (AvgIpc) is 2.54. The van der Waals surface area contributed by atoms with Gasteiger partial charge < -0.3 is 15.3 Å². The summed E-state index contributed by atoms with van der Waals surface area (Å²) in [6.45, 7) is 2.73. The van der Waals surface area contributed by atoms with Crippen LogP contribution in [-0.4, -0.2) is 40.8 Å². The lowest BCUT2D eigenvalue weighted by atomic mass is 9.91. The molecule has 3 unspecified atom stereocenters. The standard InChI is InChI=1S/C17H21FN2O3S/c1-10-6-11(16(21)22)9-20(8-10)17(23)19-14-4-5-24-15-3-2-12(18)7-13(14)15/h2-3,7,10-11,14H,4-6,8-9H2,1H3,(H,19,23)(H,21,22). The molecule has 1 saturated heterocycles. The van der Waals surface area contributed by atoms with Gasteiger partial charge in [0.1, 0.15) is 5.82 Å². The number of hydrogen-bond donors (Lipinski definition) is 2. The van der Waals surface area contributed by atoms with Crippen LogP contribution < -0.4 is 5.32 Å². The van der Waals surface area contributed by atoms with Crippen molar-refractivity contribution in [3.8, 4) is 0 Å². The molecule has 2 heterocycles. The highest BCUT2D eigenvalue weighted by Crippen LogP contribution is 2.36. The number of carbonyl (C=O) groups is 2. The summed E-state index contributed by atoms with van der Waals surface area (Å²) < 4.78 is 13.6. The van der Waals surface area contributed by atoms with Crippen LogP contribution >= 0.6 is 11.8 Å². The quantitative estimate of drug-likeness (QED) is 0.858. The molecule has 0 spiro atoms. The molecule has 2 N–H and O–H groups in total. The highest BCUT2D eigenvalue weighted by Gasteiger charge is 2.33. The zero-order valence-electron chi connectivity index (χ0n) is 13.5. The number of hydrogen-bond acceptors (Lipinski definition) is 3. The minimum atomic E-state index is -0.860. The highest BCUT2D eigenvalue weighted by molar-refractivity contribution is 7.99. The van der Waals surface area contributed by atoms with Gasteiger partial charge in [-0.1, -0.05) is 6.92 Å². The first-order chi connectivity index (χ1) is 11.4. The van der Waals surface area contributed by atoms with Crippen molar-refractivity contribution in [2.75, 3.05) is 18.8 Å². The van der Waals surface area contributed by atoms with Gasteiger partial charge in [-0.05, 0) is 42.5 Å². The third-order valence-electron chi connectivity index (χ3n) is 4.61. The fourth-order valence-corrected chi connectivity index (χ4v) is 4.56. The van der Waals surface area contributed by atoms with Crippen LogP contribution in [0, 0.1) is 17.7 Å². The number of rotatable bonds is 2. The van der Waals surface area contributed by atoms with Crippen LogP contribution in [-0.2, 0) is 4.79 Å². The molecule has 0 saturated carbocycles. The van der Waals surface area contributed by atoms with E-state index in [9.17, 15) is 19.1 Å². The van der Waals surface area contributed by atoms with Crippen molar-refractivity contribution in [3.05, 3.63) is 29.6 Å². The van der Waals surface area contributed by atoms with Gasteiger partial charge in [0.25, 0.3) is 0 Å². The Labute approximate surface area is 144 Å². The van der Waals surface area contributed by atoms with E-state index in [2.05, 4.69) is 5.32 Å². The van der Waals surface area contributed by atoms with Crippen molar-refractivity contribution in [1.82, 2.24) is 10.2 Å². The molecule has 0 bridgehead atoms. The number of carbonyl (C=O) groups excluding carboxylic acids is 1. The number of thioether (sulfide) groups is 1. The van der Waals surface area contributed by atoms with Gasteiger partial charge in [-0.3, -0.25) is 4.79 Å². The molecule has 7 heteroatoms. The minimum Gasteiger partial charge on any atom is -0.481 e. The van der Waals surface area contributed by atoms with Gasteiger partial charge in [0.15, 0.2) is 0 Å². The molecule has 2 aliphatic heterocycles. The number of carboxylic acid groups (broad SMARTS) is 1. The van der Waals surface area contributed by atoms with Crippen molar-refractivity contribution in [2.45, 2.75) is 30.7 Å². The molecule has 1 aromatic carbocycles. The second-order valence-corrected chi connectivity index (χ2v) is 7.74. The van der Waals surface area contributed by atoms with E-state index in [1.807, 2.05) is 6.92 Å². The number of likely N-dealkylation sites (tertiary alicyclic amines) is 1. The Morgan fingerprint density at radius 1 is 1.38 bits per heavy atom. The molecule has 130 valence electrons. The average molecular weight is 352 g/mol. The maximum absolute atomic E-state index is 13.6. The fraction of sp³-hybridized carbons (Fsp3) is 0.529. The summed E-state index contributed by atoms with van der Waals surface area (Å²) in [6.07, 6.45) is 1.33. The van der Waals surface area contributed by atoms with Crippen LogP contribution in [0.2, 0.25) is 0 Å². The highest BCUT2D eigenvalue weighted by atomic mass is 32.2. The summed E-state index contributed by atoms with van der Waals surface area (Å²) in [7, 11) is 0. The molecule has 2 amide bonds. The first-order valence-corrected chi connectivity index (χ1v) is 9.13. The van der Waals surface area contributed by atoms with Gasteiger partial charge in [-0.25, -0.2) is 9.18 Å². The fourth-order valence-electron chi connectivity index (χ4n) is 3.45. The molecule has 0 aliphatic carbocycles. The Morgan fingerprint density at radius 2 is 2.17 bits per heavy atom. The summed E-state index contributed by atoms with van der Waals surface area (Å²) >= 11 is 1.66. The molecular formula is C17H21FN2O3S. The van der Waals surface area contributed by atoms with Crippen LogP contribution in [0.4, 0.5) is 9.18 Å². The molecule has 3 rings (SSSR count). The lowest BCUT2D eigenvalue weighted by Gasteiger charge is -2.36. The smallest absolute Gasteiger partial charge is 0.317 e. The molecule has 3 atom stereocenters. The topological polar surface area (TPSA) is 69.6 Å². The first kappa shape index (κ1) is 17.1. The number of halogens is 1. The SMILES string of the molecule is CC1CC(C(=O)O)CN(C(=O)NC2CCSc3ccc(F)cc32)C1. The number of aliphatic carboxylic acids is 1. The number of urea groups is 1. The zero-order chi connectivity index (χ0) is 17.3. The van der Waals surface area contributed by atoms with Crippen molar-refractivity contribution in [2.24, 2.45) is 11.8 Å². The van der Waals surface area contributed by atoms with Crippen molar-refractivity contribution in [1.29, 1.82) is 0 Å². The summed E-state index contributed by atoms with van der Waals surface area (Å²) in [5.41, 5.74) is 0.805. The van der Waals surface area contributed by atoms with E-state index in [1.165, 1.54) is 12.1 Å². The largest absolute Gasteiger partial charge is 0.481 e. The van der Waals surface area contributed by atoms with Crippen LogP contribution in [0.1, 0.15) is 31.4 Å². The van der Waals surface area contributed by atoms with E-state index in [4.69, 9.17) is 0 Å². The third-order valence-corrected chi connectivity index (χ3v) is 5.73. The van der Waals surface area contributed by atoms with Crippen LogP contribution in [0.3, 0.4) is 0 Å². The molecule has 5 nitrogen and oxygen atoms in total. The van der Waals surface area contributed by atoms with Gasteiger partial charge in [-0.2, -0.15) is 0 Å². The lowest BCUT2D eigenvalue weighted by molar-refractivity contribution is -0.143. The molecule has 1 aromatic rings. The molecule has 1 fully saturated rings. The minimum absolute atomic E-state index is 0.150. The Kier molecular flexibility index (Phi) is 4.99. The van der Waals surface area contributed by atoms with Gasteiger partial charge in [0.05, 0.1) is 12.0 Å². The Hall–Kier alpha value is -1.76. The van der Waals surface area contributed by atoms with Crippen LogP contribution in [0.25, 0.3) is 0 Å². The van der Waals surface area contributed by atoms with E-state index >= 15 is 0 Å². The predicted octanol–water partition coefficient (Wildman–Crippen LogP) is 3.11. The number of amides is 2. The predicted molar refractivity (Wildman–Crippen MR) is 89.5 cm³/mol. The molecule has 0 aromatic heterocycles. The molecular weight excluding hydrogens is 331 g/mol. The third kappa shape index (κ3) is 3.66. The number of piperidine rings is 1. The maximum Gasteiger partial charge on any atom is 0.317 e. The van der Waals surface area contributed by atoms with Gasteiger partial charge in [-0.15, -0.1) is 11.8 Å². The summed E-state index contributed by atoms with van der Waals surface area (Å²) in [6, 6.07) is 4.16. The second-order valence-electron chi connectivity index (χ2n) is 6.60. The van der Waals surface area contributed by atoms with Crippen LogP contribution in [0.5, 0.6) is 0 Å². The van der Waals surface area contributed by atoms with Gasteiger partial charge in [0.2, 0.25) is 0 Å². The van der Waals surface area contributed by atoms with E-state index in [0.717, 1.165) is 22.6 Å². The Morgan fingerprint density at radius 3 is 2.92 bits per heavy atom. The number of benzene rings is 1. The van der Waals surface area contributed by atoms with Crippen molar-refractivity contribution in [3.63, 3.8) is 0 Å². The molecule has 0 radical (unpaired) electrons. The van der Waals surface area contributed by atoms with E-state index < -0.39 is 11.9 Å². The normalized spacial score (nSPS) is 26.6. The number of nitrogens with one attached hydrogen (secondary N) is 1. The summed E-state index contributed by atoms with van der Waals surface area (Å²) in [5, 5.41) is 12.2. The number of fused-ring (bicyclic) bond motifs is 1. The van der Waals surface area contributed by atoms with Crippen molar-refractivity contribution >= 4 is 23.8 Å². The summed E-state index contributed by atoms with van der Waals surface area (Å²) in [4.78, 5) is 26.4. The van der Waals surface area contributed by atoms with E-state index in [0.29, 0.717) is 13.0 Å². The molecule has 2 aliphatic rings. The second kappa shape index (κ2) is 7.01. The Bertz CT molecular complexity index is 655. The van der Waals surface area contributed by atoms with Gasteiger partial charge >= 0.3 is 12.0 Å². The zero-order valence-corrected chi connectivity index (χ0v) is 14.3. The number of carboxylic acids is 1.